The SMILES string of the molecule is CN(CCOc1cccc(Br)c1)CCC(N)=S. The quantitative estimate of drug-likeness (QED) is 0.784. The van der Waals surface area contributed by atoms with Crippen LogP contribution in [0.5, 0.6) is 5.75 Å². The van der Waals surface area contributed by atoms with Crippen LogP contribution < -0.4 is 10.5 Å². The van der Waals surface area contributed by atoms with Gasteiger partial charge in [-0.3, -0.25) is 0 Å². The van der Waals surface area contributed by atoms with Crippen LogP contribution in [0.25, 0.3) is 0 Å². The standard InChI is InChI=1S/C12H17BrN2OS/c1-15(6-5-12(14)17)7-8-16-11-4-2-3-10(13)9-11/h2-4,9H,5-8H2,1H3,(H2,14,17). The Balaban J connectivity index is 2.21. The van der Waals surface area contributed by atoms with Crippen LogP contribution in [0.1, 0.15) is 6.42 Å². The Kier molecular flexibility index (Phi) is 6.47. The maximum Gasteiger partial charge on any atom is 0.120 e. The van der Waals surface area contributed by atoms with E-state index in [9.17, 15) is 0 Å². The number of thiocarbonyl (C=S) groups is 1. The molecule has 0 bridgehead atoms. The summed E-state index contributed by atoms with van der Waals surface area (Å²) in [7, 11) is 2.03. The van der Waals surface area contributed by atoms with Crippen LogP contribution in [0.3, 0.4) is 0 Å². The third kappa shape index (κ3) is 6.61. The van der Waals surface area contributed by atoms with Crippen LogP contribution in [0, 0.1) is 0 Å². The van der Waals surface area contributed by atoms with Gasteiger partial charge in [-0.25, -0.2) is 0 Å². The Labute approximate surface area is 116 Å². The summed E-state index contributed by atoms with van der Waals surface area (Å²) in [6.07, 6.45) is 0.753. The van der Waals surface area contributed by atoms with Gasteiger partial charge in [-0.15, -0.1) is 0 Å². The molecule has 0 spiro atoms. The monoisotopic (exact) mass is 316 g/mol. The van der Waals surface area contributed by atoms with Crippen molar-refractivity contribution in [2.45, 2.75) is 6.42 Å². The molecule has 94 valence electrons. The molecule has 0 aromatic heterocycles. The van der Waals surface area contributed by atoms with Gasteiger partial charge >= 0.3 is 0 Å². The van der Waals surface area contributed by atoms with E-state index in [0.29, 0.717) is 11.6 Å². The summed E-state index contributed by atoms with van der Waals surface area (Å²) in [5.41, 5.74) is 5.45. The fourth-order valence-electron chi connectivity index (χ4n) is 1.29. The smallest absolute Gasteiger partial charge is 0.120 e. The normalized spacial score (nSPS) is 10.5. The van der Waals surface area contributed by atoms with Crippen molar-refractivity contribution in [3.63, 3.8) is 0 Å². The second kappa shape index (κ2) is 7.63. The molecule has 0 radical (unpaired) electrons. The molecule has 2 N–H and O–H groups in total. The van der Waals surface area contributed by atoms with E-state index in [1.54, 1.807) is 0 Å². The molecule has 0 atom stereocenters. The van der Waals surface area contributed by atoms with E-state index in [0.717, 1.165) is 29.7 Å². The lowest BCUT2D eigenvalue weighted by Crippen LogP contribution is -2.27. The van der Waals surface area contributed by atoms with E-state index in [2.05, 4.69) is 20.8 Å². The average Bonchev–Trinajstić information content (AvgIpc) is 2.26. The van der Waals surface area contributed by atoms with Gasteiger partial charge in [0.15, 0.2) is 0 Å². The number of nitrogens with two attached hydrogens (primary N) is 1. The lowest BCUT2D eigenvalue weighted by molar-refractivity contribution is 0.241. The highest BCUT2D eigenvalue weighted by atomic mass is 79.9. The lowest BCUT2D eigenvalue weighted by atomic mass is 10.3. The van der Waals surface area contributed by atoms with Crippen LogP contribution in [0.2, 0.25) is 0 Å². The number of ether oxygens (including phenoxy) is 1. The van der Waals surface area contributed by atoms with Gasteiger partial charge in [-0.05, 0) is 25.2 Å². The predicted molar refractivity (Wildman–Crippen MR) is 78.5 cm³/mol. The number of hydrogen-bond donors (Lipinski definition) is 1. The number of benzene rings is 1. The summed E-state index contributed by atoms with van der Waals surface area (Å²) in [6, 6.07) is 7.83. The highest BCUT2D eigenvalue weighted by Gasteiger charge is 2.00. The second-order valence-corrected chi connectivity index (χ2v) is 5.27. The van der Waals surface area contributed by atoms with Gasteiger partial charge in [0.05, 0.1) is 4.99 Å². The van der Waals surface area contributed by atoms with Gasteiger partial charge in [-0.1, -0.05) is 34.2 Å². The molecular formula is C12H17BrN2OS. The van der Waals surface area contributed by atoms with Gasteiger partial charge in [0.25, 0.3) is 0 Å². The molecule has 3 nitrogen and oxygen atoms in total. The average molecular weight is 317 g/mol. The van der Waals surface area contributed by atoms with Gasteiger partial charge in [0.2, 0.25) is 0 Å². The van der Waals surface area contributed by atoms with Gasteiger partial charge < -0.3 is 15.4 Å². The first-order chi connectivity index (χ1) is 8.08. The molecule has 1 aromatic rings. The fraction of sp³-hybridized carbons (Fsp3) is 0.417. The van der Waals surface area contributed by atoms with Crippen molar-refractivity contribution in [1.82, 2.24) is 4.90 Å². The zero-order chi connectivity index (χ0) is 12.7. The minimum atomic E-state index is 0.560. The maximum absolute atomic E-state index is 5.63. The first kappa shape index (κ1) is 14.4. The van der Waals surface area contributed by atoms with E-state index in [1.165, 1.54) is 0 Å². The topological polar surface area (TPSA) is 38.5 Å². The highest BCUT2D eigenvalue weighted by Crippen LogP contribution is 2.17. The van der Waals surface area contributed by atoms with E-state index >= 15 is 0 Å². The summed E-state index contributed by atoms with van der Waals surface area (Å²) < 4.78 is 6.65. The first-order valence-electron chi connectivity index (χ1n) is 5.43. The molecule has 0 saturated heterocycles. The van der Waals surface area contributed by atoms with Crippen LogP contribution >= 0.6 is 28.1 Å². The molecule has 0 fully saturated rings. The van der Waals surface area contributed by atoms with E-state index in [-0.39, 0.29) is 0 Å². The Morgan fingerprint density at radius 3 is 2.88 bits per heavy atom. The first-order valence-corrected chi connectivity index (χ1v) is 6.63. The molecule has 0 aliphatic carbocycles. The molecule has 1 aromatic carbocycles. The largest absolute Gasteiger partial charge is 0.492 e. The number of nitrogens with zero attached hydrogens (tertiary/aromatic N) is 1. The highest BCUT2D eigenvalue weighted by molar-refractivity contribution is 9.10. The number of halogens is 1. The lowest BCUT2D eigenvalue weighted by Gasteiger charge is -2.16. The number of likely N-dealkylation sites (N-methyl/N-ethyl adjacent to an activating group) is 1. The van der Waals surface area contributed by atoms with E-state index < -0.39 is 0 Å². The minimum Gasteiger partial charge on any atom is -0.492 e. The van der Waals surface area contributed by atoms with E-state index in [1.807, 2.05) is 31.3 Å². The van der Waals surface area contributed by atoms with Crippen molar-refractivity contribution in [3.8, 4) is 5.75 Å². The molecule has 5 heteroatoms. The summed E-state index contributed by atoms with van der Waals surface area (Å²) in [6.45, 7) is 2.39. The van der Waals surface area contributed by atoms with Crippen LogP contribution in [-0.2, 0) is 0 Å². The van der Waals surface area contributed by atoms with Crippen molar-refractivity contribution in [2.75, 3.05) is 26.7 Å². The Bertz CT molecular complexity index is 373. The molecule has 0 unspecified atom stereocenters. The zero-order valence-corrected chi connectivity index (χ0v) is 12.3. The molecule has 17 heavy (non-hydrogen) atoms. The molecular weight excluding hydrogens is 300 g/mol. The van der Waals surface area contributed by atoms with Crippen LogP contribution in [0.15, 0.2) is 28.7 Å². The van der Waals surface area contributed by atoms with Crippen LogP contribution in [0.4, 0.5) is 0 Å². The fourth-order valence-corrected chi connectivity index (χ4v) is 1.76. The van der Waals surface area contributed by atoms with Crippen molar-refractivity contribution >= 4 is 33.1 Å². The van der Waals surface area contributed by atoms with Crippen molar-refractivity contribution < 1.29 is 4.74 Å². The van der Waals surface area contributed by atoms with Gasteiger partial charge in [0.1, 0.15) is 12.4 Å². The molecule has 0 heterocycles. The zero-order valence-electron chi connectivity index (χ0n) is 9.86. The Hall–Kier alpha value is -0.650. The predicted octanol–water partition coefficient (Wildman–Crippen LogP) is 2.44. The van der Waals surface area contributed by atoms with E-state index in [4.69, 9.17) is 22.7 Å². The number of rotatable bonds is 7. The molecule has 0 aliphatic rings. The van der Waals surface area contributed by atoms with Gasteiger partial charge in [-0.2, -0.15) is 0 Å². The van der Waals surface area contributed by atoms with Crippen molar-refractivity contribution in [1.29, 1.82) is 0 Å². The molecule has 0 saturated carbocycles. The summed E-state index contributed by atoms with van der Waals surface area (Å²) in [4.78, 5) is 2.71. The van der Waals surface area contributed by atoms with Crippen molar-refractivity contribution in [2.24, 2.45) is 5.73 Å². The van der Waals surface area contributed by atoms with Crippen molar-refractivity contribution in [3.05, 3.63) is 28.7 Å². The Morgan fingerprint density at radius 1 is 1.47 bits per heavy atom. The minimum absolute atomic E-state index is 0.560. The summed E-state index contributed by atoms with van der Waals surface area (Å²) in [5, 5.41) is 0. The Morgan fingerprint density at radius 2 is 2.24 bits per heavy atom. The molecule has 1 rings (SSSR count). The third-order valence-electron chi connectivity index (χ3n) is 2.28. The maximum atomic E-state index is 5.63. The summed E-state index contributed by atoms with van der Waals surface area (Å²) in [5.74, 6) is 0.877. The molecule has 0 aliphatic heterocycles. The third-order valence-corrected chi connectivity index (χ3v) is 2.98. The van der Waals surface area contributed by atoms with Crippen LogP contribution in [-0.4, -0.2) is 36.6 Å². The second-order valence-electron chi connectivity index (χ2n) is 3.83. The number of hydrogen-bond acceptors (Lipinski definition) is 3. The molecule has 0 amide bonds. The van der Waals surface area contributed by atoms with Gasteiger partial charge in [0, 0.05) is 24.0 Å². The summed E-state index contributed by atoms with van der Waals surface area (Å²) >= 11 is 8.24.